The summed E-state index contributed by atoms with van der Waals surface area (Å²) in [5.74, 6) is -1.30. The predicted molar refractivity (Wildman–Crippen MR) is 44.9 cm³/mol. The highest BCUT2D eigenvalue weighted by molar-refractivity contribution is 5.97. The summed E-state index contributed by atoms with van der Waals surface area (Å²) >= 11 is 0. The van der Waals surface area contributed by atoms with Crippen LogP contribution in [0.15, 0.2) is 0 Å². The van der Waals surface area contributed by atoms with Crippen LogP contribution < -0.4 is 5.32 Å². The van der Waals surface area contributed by atoms with Gasteiger partial charge in [0.1, 0.15) is 12.1 Å². The third-order valence-electron chi connectivity index (χ3n) is 1.98. The molecule has 4 nitrogen and oxygen atoms in total. The van der Waals surface area contributed by atoms with Crippen LogP contribution in [0.2, 0.25) is 0 Å². The van der Waals surface area contributed by atoms with Crippen molar-refractivity contribution in [3.05, 3.63) is 0 Å². The summed E-state index contributed by atoms with van der Waals surface area (Å²) in [6, 6.07) is 0. The quantitative estimate of drug-likeness (QED) is 0.695. The van der Waals surface area contributed by atoms with E-state index >= 15 is 0 Å². The molecule has 0 bridgehead atoms. The topological polar surface area (TPSA) is 49.4 Å². The largest absolute Gasteiger partial charge is 0.406 e. The molecule has 1 aliphatic rings. The second kappa shape index (κ2) is 3.39. The molecule has 1 heterocycles. The molecule has 86 valence electrons. The summed E-state index contributed by atoms with van der Waals surface area (Å²) in [5.41, 5.74) is -1.26. The first kappa shape index (κ1) is 11.8. The monoisotopic (exact) mass is 224 g/mol. The second-order valence-electron chi connectivity index (χ2n) is 3.95. The van der Waals surface area contributed by atoms with Crippen molar-refractivity contribution in [2.45, 2.75) is 25.6 Å². The van der Waals surface area contributed by atoms with Gasteiger partial charge in [-0.15, -0.1) is 0 Å². The van der Waals surface area contributed by atoms with Crippen molar-refractivity contribution in [1.29, 1.82) is 0 Å². The molecule has 0 aliphatic carbocycles. The second-order valence-corrected chi connectivity index (χ2v) is 3.95. The highest BCUT2D eigenvalue weighted by atomic mass is 19.4. The molecule has 0 aromatic rings. The summed E-state index contributed by atoms with van der Waals surface area (Å²) in [6.07, 6.45) is -4.48. The van der Waals surface area contributed by atoms with Gasteiger partial charge in [-0.3, -0.25) is 9.59 Å². The first-order valence-corrected chi connectivity index (χ1v) is 4.29. The Kier molecular flexibility index (Phi) is 2.67. The average Bonchev–Trinajstić information content (AvgIpc) is 1.95. The van der Waals surface area contributed by atoms with Gasteiger partial charge in [-0.25, -0.2) is 0 Å². The Morgan fingerprint density at radius 1 is 1.40 bits per heavy atom. The molecule has 1 N–H and O–H groups in total. The molecular weight excluding hydrogens is 213 g/mol. The molecule has 0 spiro atoms. The normalized spacial score (nSPS) is 21.5. The van der Waals surface area contributed by atoms with Crippen molar-refractivity contribution in [2.75, 3.05) is 13.1 Å². The zero-order chi connectivity index (χ0) is 11.9. The van der Waals surface area contributed by atoms with Gasteiger partial charge in [-0.2, -0.15) is 13.2 Å². The fourth-order valence-corrected chi connectivity index (χ4v) is 1.43. The summed E-state index contributed by atoms with van der Waals surface area (Å²) in [4.78, 5) is 23.0. The zero-order valence-corrected chi connectivity index (χ0v) is 8.31. The van der Waals surface area contributed by atoms with E-state index in [1.807, 2.05) is 0 Å². The predicted octanol–water partition coefficient (Wildman–Crippen LogP) is 0.286. The minimum Gasteiger partial charge on any atom is -0.341 e. The SMILES string of the molecule is CC1(C)NC(=O)CN(CC(F)(F)F)C1=O. The van der Waals surface area contributed by atoms with Crippen LogP contribution in [0, 0.1) is 0 Å². The summed E-state index contributed by atoms with van der Waals surface area (Å²) in [7, 11) is 0. The van der Waals surface area contributed by atoms with E-state index < -0.39 is 36.6 Å². The van der Waals surface area contributed by atoms with E-state index in [0.717, 1.165) is 0 Å². The van der Waals surface area contributed by atoms with Crippen LogP contribution in [0.1, 0.15) is 13.8 Å². The fraction of sp³-hybridized carbons (Fsp3) is 0.750. The molecular formula is C8H11F3N2O2. The highest BCUT2D eigenvalue weighted by Crippen LogP contribution is 2.20. The number of rotatable bonds is 1. The van der Waals surface area contributed by atoms with Crippen LogP contribution in [-0.4, -0.2) is 41.5 Å². The highest BCUT2D eigenvalue weighted by Gasteiger charge is 2.43. The molecule has 0 unspecified atom stereocenters. The van der Waals surface area contributed by atoms with Gasteiger partial charge in [0.05, 0.1) is 6.54 Å². The number of hydrogen-bond donors (Lipinski definition) is 1. The van der Waals surface area contributed by atoms with Gasteiger partial charge in [0.25, 0.3) is 0 Å². The Balaban J connectivity index is 2.81. The van der Waals surface area contributed by atoms with Crippen LogP contribution in [0.25, 0.3) is 0 Å². The molecule has 15 heavy (non-hydrogen) atoms. The number of amides is 2. The zero-order valence-electron chi connectivity index (χ0n) is 8.31. The smallest absolute Gasteiger partial charge is 0.341 e. The lowest BCUT2D eigenvalue weighted by atomic mass is 10.0. The Morgan fingerprint density at radius 3 is 2.40 bits per heavy atom. The Bertz CT molecular complexity index is 299. The van der Waals surface area contributed by atoms with Gasteiger partial charge in [0.15, 0.2) is 0 Å². The molecule has 2 amide bonds. The van der Waals surface area contributed by atoms with Gasteiger partial charge >= 0.3 is 6.18 Å². The molecule has 1 rings (SSSR count). The summed E-state index contributed by atoms with van der Waals surface area (Å²) in [5, 5.41) is 2.32. The number of carbonyl (C=O) groups is 2. The first-order valence-electron chi connectivity index (χ1n) is 4.29. The number of halogens is 3. The molecule has 1 aliphatic heterocycles. The van der Waals surface area contributed by atoms with E-state index in [2.05, 4.69) is 5.32 Å². The number of nitrogens with zero attached hydrogens (tertiary/aromatic N) is 1. The van der Waals surface area contributed by atoms with Crippen LogP contribution in [0.4, 0.5) is 13.2 Å². The summed E-state index contributed by atoms with van der Waals surface area (Å²) < 4.78 is 36.2. The van der Waals surface area contributed by atoms with Crippen LogP contribution >= 0.6 is 0 Å². The maximum Gasteiger partial charge on any atom is 0.406 e. The van der Waals surface area contributed by atoms with E-state index in [1.54, 1.807) is 0 Å². The maximum absolute atomic E-state index is 12.1. The Hall–Kier alpha value is -1.27. The van der Waals surface area contributed by atoms with Gasteiger partial charge in [0.2, 0.25) is 11.8 Å². The van der Waals surface area contributed by atoms with Crippen LogP contribution in [0.3, 0.4) is 0 Å². The molecule has 0 aromatic heterocycles. The van der Waals surface area contributed by atoms with Crippen molar-refractivity contribution in [3.8, 4) is 0 Å². The third-order valence-corrected chi connectivity index (χ3v) is 1.98. The molecule has 0 atom stereocenters. The number of carbonyl (C=O) groups excluding carboxylic acids is 2. The number of piperazine rings is 1. The van der Waals surface area contributed by atoms with E-state index in [-0.39, 0.29) is 0 Å². The van der Waals surface area contributed by atoms with E-state index in [9.17, 15) is 22.8 Å². The Morgan fingerprint density at radius 2 is 1.93 bits per heavy atom. The maximum atomic E-state index is 12.1. The minimum absolute atomic E-state index is 0.513. The number of alkyl halides is 3. The molecule has 7 heteroatoms. The lowest BCUT2D eigenvalue weighted by Gasteiger charge is -2.37. The van der Waals surface area contributed by atoms with Crippen molar-refractivity contribution in [3.63, 3.8) is 0 Å². The van der Waals surface area contributed by atoms with Crippen molar-refractivity contribution in [1.82, 2.24) is 10.2 Å². The van der Waals surface area contributed by atoms with Crippen LogP contribution in [-0.2, 0) is 9.59 Å². The lowest BCUT2D eigenvalue weighted by Crippen LogP contribution is -2.64. The van der Waals surface area contributed by atoms with Gasteiger partial charge in [0, 0.05) is 0 Å². The molecule has 0 aromatic carbocycles. The Labute approximate surface area is 84.4 Å². The fourth-order valence-electron chi connectivity index (χ4n) is 1.43. The standard InChI is InChI=1S/C8H11F3N2O2/c1-7(2)6(15)13(3-5(14)12-7)4-8(9,10)11/h3-4H2,1-2H3,(H,12,14). The third kappa shape index (κ3) is 2.84. The van der Waals surface area contributed by atoms with Crippen molar-refractivity contribution >= 4 is 11.8 Å². The van der Waals surface area contributed by atoms with Crippen molar-refractivity contribution < 1.29 is 22.8 Å². The first-order chi connectivity index (χ1) is 6.62. The number of nitrogens with one attached hydrogen (secondary N) is 1. The van der Waals surface area contributed by atoms with E-state index in [1.165, 1.54) is 13.8 Å². The average molecular weight is 224 g/mol. The van der Waals surface area contributed by atoms with E-state index in [0.29, 0.717) is 4.90 Å². The molecule has 1 fully saturated rings. The lowest BCUT2D eigenvalue weighted by molar-refractivity contribution is -0.170. The van der Waals surface area contributed by atoms with Gasteiger partial charge in [-0.1, -0.05) is 0 Å². The van der Waals surface area contributed by atoms with Gasteiger partial charge in [-0.05, 0) is 13.8 Å². The number of hydrogen-bond acceptors (Lipinski definition) is 2. The molecule has 0 radical (unpaired) electrons. The summed E-state index contributed by atoms with van der Waals surface area (Å²) in [6.45, 7) is 0.815. The van der Waals surface area contributed by atoms with Gasteiger partial charge < -0.3 is 10.2 Å². The molecule has 0 saturated carbocycles. The minimum atomic E-state index is -4.48. The van der Waals surface area contributed by atoms with Crippen molar-refractivity contribution in [2.24, 2.45) is 0 Å². The van der Waals surface area contributed by atoms with Crippen LogP contribution in [0.5, 0.6) is 0 Å². The molecule has 1 saturated heterocycles. The van der Waals surface area contributed by atoms with E-state index in [4.69, 9.17) is 0 Å².